The zero-order chi connectivity index (χ0) is 11.6. The smallest absolute Gasteiger partial charge is 0.267 e. The minimum atomic E-state index is -0.00248. The van der Waals surface area contributed by atoms with Crippen molar-refractivity contribution in [3.8, 4) is 0 Å². The van der Waals surface area contributed by atoms with Crippen LogP contribution >= 0.6 is 15.9 Å². The average Bonchev–Trinajstić information content (AvgIpc) is 2.94. The normalized spacial score (nSPS) is 12.1. The van der Waals surface area contributed by atoms with Gasteiger partial charge in [-0.1, -0.05) is 15.9 Å². The van der Waals surface area contributed by atoms with Gasteiger partial charge in [0.2, 0.25) is 0 Å². The van der Waals surface area contributed by atoms with Crippen molar-refractivity contribution in [2.24, 2.45) is 0 Å². The molecule has 3 aromatic heterocycles. The molecule has 0 aliphatic rings. The summed E-state index contributed by atoms with van der Waals surface area (Å²) in [6.07, 6.45) is 1.80. The summed E-state index contributed by atoms with van der Waals surface area (Å²) < 4.78 is 4.46. The summed E-state index contributed by atoms with van der Waals surface area (Å²) in [5.41, 5.74) is 2.88. The van der Waals surface area contributed by atoms with Gasteiger partial charge in [0.15, 0.2) is 0 Å². The molecule has 0 atom stereocenters. The Morgan fingerprint density at radius 2 is 1.88 bits per heavy atom. The Morgan fingerprint density at radius 3 is 2.76 bits per heavy atom. The SMILES string of the molecule is O=c1n2cccc2c2cc3cc(Br)ccc3n12. The molecule has 0 spiro atoms. The molecule has 0 saturated carbocycles. The summed E-state index contributed by atoms with van der Waals surface area (Å²) in [7, 11) is 0. The fourth-order valence-electron chi connectivity index (χ4n) is 2.44. The average molecular weight is 287 g/mol. The lowest BCUT2D eigenvalue weighted by Gasteiger charge is -1.92. The largest absolute Gasteiger partial charge is 0.337 e. The summed E-state index contributed by atoms with van der Waals surface area (Å²) in [5, 5.41) is 1.08. The molecule has 0 aliphatic carbocycles. The predicted octanol–water partition coefficient (Wildman–Crippen LogP) is 2.91. The van der Waals surface area contributed by atoms with E-state index in [2.05, 4.69) is 22.0 Å². The minimum Gasteiger partial charge on any atom is -0.267 e. The lowest BCUT2D eigenvalue weighted by atomic mass is 10.2. The molecule has 4 heteroatoms. The van der Waals surface area contributed by atoms with E-state index in [-0.39, 0.29) is 5.69 Å². The molecule has 1 aromatic carbocycles. The van der Waals surface area contributed by atoms with Gasteiger partial charge in [0.25, 0.3) is 0 Å². The molecule has 82 valence electrons. The van der Waals surface area contributed by atoms with Gasteiger partial charge in [-0.05, 0) is 36.4 Å². The number of benzene rings is 1. The van der Waals surface area contributed by atoms with Crippen LogP contribution in [0.3, 0.4) is 0 Å². The van der Waals surface area contributed by atoms with E-state index in [1.165, 1.54) is 0 Å². The Hall–Kier alpha value is -1.81. The van der Waals surface area contributed by atoms with Crippen molar-refractivity contribution in [3.63, 3.8) is 0 Å². The maximum Gasteiger partial charge on any atom is 0.337 e. The molecule has 17 heavy (non-hydrogen) atoms. The molecule has 0 amide bonds. The van der Waals surface area contributed by atoms with Crippen LogP contribution in [-0.2, 0) is 0 Å². The number of aromatic nitrogens is 2. The molecular weight excluding hydrogens is 280 g/mol. The number of nitrogens with zero attached hydrogens (tertiary/aromatic N) is 2. The van der Waals surface area contributed by atoms with Crippen LogP contribution in [0.5, 0.6) is 0 Å². The van der Waals surface area contributed by atoms with E-state index in [0.29, 0.717) is 0 Å². The summed E-state index contributed by atoms with van der Waals surface area (Å²) in [6.45, 7) is 0. The highest BCUT2D eigenvalue weighted by Gasteiger charge is 2.12. The minimum absolute atomic E-state index is 0.00248. The fraction of sp³-hybridized carbons (Fsp3) is 0. The molecule has 0 unspecified atom stereocenters. The summed E-state index contributed by atoms with van der Waals surface area (Å²) in [5.74, 6) is 0. The third kappa shape index (κ3) is 1.03. The van der Waals surface area contributed by atoms with E-state index in [9.17, 15) is 4.79 Å². The van der Waals surface area contributed by atoms with Crippen LogP contribution < -0.4 is 5.69 Å². The molecule has 4 aromatic rings. The summed E-state index contributed by atoms with van der Waals surface area (Å²) in [4.78, 5) is 12.2. The monoisotopic (exact) mass is 286 g/mol. The predicted molar refractivity (Wildman–Crippen MR) is 71.0 cm³/mol. The number of rotatable bonds is 0. The molecule has 0 bridgehead atoms. The summed E-state index contributed by atoms with van der Waals surface area (Å²) in [6, 6.07) is 11.9. The van der Waals surface area contributed by atoms with Gasteiger partial charge in [0, 0.05) is 16.1 Å². The first-order valence-electron chi connectivity index (χ1n) is 5.29. The molecule has 0 N–H and O–H groups in total. The van der Waals surface area contributed by atoms with Gasteiger partial charge >= 0.3 is 5.69 Å². The van der Waals surface area contributed by atoms with Crippen molar-refractivity contribution in [3.05, 3.63) is 57.6 Å². The zero-order valence-electron chi connectivity index (χ0n) is 8.72. The Morgan fingerprint density at radius 1 is 1.00 bits per heavy atom. The molecule has 0 aliphatic heterocycles. The third-order valence-corrected chi connectivity index (χ3v) is 3.67. The van der Waals surface area contributed by atoms with E-state index >= 15 is 0 Å². The van der Waals surface area contributed by atoms with Crippen molar-refractivity contribution in [1.29, 1.82) is 0 Å². The zero-order valence-corrected chi connectivity index (χ0v) is 10.3. The number of fused-ring (bicyclic) bond motifs is 5. The van der Waals surface area contributed by atoms with Crippen LogP contribution in [0, 0.1) is 0 Å². The quantitative estimate of drug-likeness (QED) is 0.488. The van der Waals surface area contributed by atoms with Crippen LogP contribution in [-0.4, -0.2) is 8.80 Å². The Balaban J connectivity index is 2.40. The Labute approximate surface area is 104 Å². The fourth-order valence-corrected chi connectivity index (χ4v) is 2.82. The summed E-state index contributed by atoms with van der Waals surface area (Å²) >= 11 is 3.45. The van der Waals surface area contributed by atoms with Crippen molar-refractivity contribution >= 4 is 37.9 Å². The van der Waals surface area contributed by atoms with Crippen molar-refractivity contribution < 1.29 is 0 Å². The van der Waals surface area contributed by atoms with Gasteiger partial charge in [-0.15, -0.1) is 0 Å². The molecule has 3 nitrogen and oxygen atoms in total. The van der Waals surface area contributed by atoms with E-state index in [1.54, 1.807) is 15.0 Å². The molecule has 4 rings (SSSR count). The lowest BCUT2D eigenvalue weighted by Crippen LogP contribution is -2.12. The first-order valence-corrected chi connectivity index (χ1v) is 6.08. The van der Waals surface area contributed by atoms with Crippen molar-refractivity contribution in [2.75, 3.05) is 0 Å². The molecule has 0 fully saturated rings. The van der Waals surface area contributed by atoms with Gasteiger partial charge in [-0.25, -0.2) is 4.79 Å². The second-order valence-electron chi connectivity index (χ2n) is 4.11. The van der Waals surface area contributed by atoms with Gasteiger partial charge in [0.05, 0.1) is 16.6 Å². The molecule has 3 heterocycles. The first-order chi connectivity index (χ1) is 8.25. The van der Waals surface area contributed by atoms with Gasteiger partial charge in [-0.2, -0.15) is 0 Å². The van der Waals surface area contributed by atoms with E-state index in [4.69, 9.17) is 0 Å². The topological polar surface area (TPSA) is 25.9 Å². The van der Waals surface area contributed by atoms with Gasteiger partial charge < -0.3 is 0 Å². The second-order valence-corrected chi connectivity index (χ2v) is 5.03. The van der Waals surface area contributed by atoms with E-state index in [1.807, 2.05) is 30.3 Å². The van der Waals surface area contributed by atoms with E-state index < -0.39 is 0 Å². The highest BCUT2D eigenvalue weighted by atomic mass is 79.9. The lowest BCUT2D eigenvalue weighted by molar-refractivity contribution is 1.03. The maximum atomic E-state index is 12.2. The van der Waals surface area contributed by atoms with Crippen molar-refractivity contribution in [2.45, 2.75) is 0 Å². The number of hydrogen-bond acceptors (Lipinski definition) is 1. The number of halogens is 1. The van der Waals surface area contributed by atoms with Gasteiger partial charge in [0.1, 0.15) is 0 Å². The van der Waals surface area contributed by atoms with Crippen LogP contribution in [0.2, 0.25) is 0 Å². The van der Waals surface area contributed by atoms with Crippen LogP contribution in [0.1, 0.15) is 0 Å². The molecule has 0 radical (unpaired) electrons. The highest BCUT2D eigenvalue weighted by Crippen LogP contribution is 2.25. The van der Waals surface area contributed by atoms with Crippen LogP contribution in [0.4, 0.5) is 0 Å². The maximum absolute atomic E-state index is 12.2. The van der Waals surface area contributed by atoms with Crippen LogP contribution in [0.25, 0.3) is 21.9 Å². The Kier molecular flexibility index (Phi) is 1.58. The third-order valence-electron chi connectivity index (χ3n) is 3.17. The van der Waals surface area contributed by atoms with Crippen LogP contribution in [0.15, 0.2) is 51.9 Å². The standard InChI is InChI=1S/C13H7BrN2O/c14-9-3-4-10-8(6-9)7-12-11-2-1-5-15(11)13(17)16(10)12/h1-7H. The number of hydrogen-bond donors (Lipinski definition) is 0. The molecular formula is C13H7BrN2O. The highest BCUT2D eigenvalue weighted by molar-refractivity contribution is 9.10. The molecule has 0 saturated heterocycles. The Bertz CT molecular complexity index is 919. The van der Waals surface area contributed by atoms with Gasteiger partial charge in [-0.3, -0.25) is 8.80 Å². The second kappa shape index (κ2) is 2.90. The first kappa shape index (κ1) is 9.24. The number of imidazole rings is 1. The van der Waals surface area contributed by atoms with Crippen molar-refractivity contribution in [1.82, 2.24) is 8.80 Å². The van der Waals surface area contributed by atoms with E-state index in [0.717, 1.165) is 26.4 Å².